The van der Waals surface area contributed by atoms with Gasteiger partial charge in [0.25, 0.3) is 5.91 Å². The second-order valence-electron chi connectivity index (χ2n) is 6.56. The first-order valence-electron chi connectivity index (χ1n) is 9.16. The van der Waals surface area contributed by atoms with Crippen molar-refractivity contribution in [3.63, 3.8) is 0 Å². The minimum Gasteiger partial charge on any atom is -0.329 e. The summed E-state index contributed by atoms with van der Waals surface area (Å²) in [6, 6.07) is 14.1. The summed E-state index contributed by atoms with van der Waals surface area (Å²) in [5.41, 5.74) is 1.56. The molecular weight excluding hydrogens is 387 g/mol. The molecule has 146 valence electrons. The first kappa shape index (κ1) is 19.0. The molecule has 7 heteroatoms. The van der Waals surface area contributed by atoms with E-state index in [1.807, 2.05) is 46.5 Å². The molecule has 0 saturated carbocycles. The molecule has 0 fully saturated rings. The Labute approximate surface area is 172 Å². The third kappa shape index (κ3) is 4.57. The minimum absolute atomic E-state index is 0.0581. The maximum atomic E-state index is 14.1. The zero-order valence-corrected chi connectivity index (χ0v) is 16.4. The second kappa shape index (κ2) is 8.79. The quantitative estimate of drug-likeness (QED) is 0.458. The number of aromatic nitrogens is 3. The molecule has 0 radical (unpaired) electrons. The van der Waals surface area contributed by atoms with Crippen molar-refractivity contribution in [2.45, 2.75) is 19.6 Å². The zero-order valence-electron chi connectivity index (χ0n) is 15.6. The molecule has 4 rings (SSSR count). The van der Waals surface area contributed by atoms with Crippen LogP contribution in [0.25, 0.3) is 0 Å². The van der Waals surface area contributed by atoms with Gasteiger partial charge in [-0.2, -0.15) is 0 Å². The summed E-state index contributed by atoms with van der Waals surface area (Å²) in [6.45, 7) is 1.12. The van der Waals surface area contributed by atoms with Crippen LogP contribution < -0.4 is 0 Å². The SMILES string of the molecule is O=C(c1cccs1)N(Cc1ccncc1)Cc1nccn1Cc1ccccc1F. The molecule has 5 nitrogen and oxygen atoms in total. The van der Waals surface area contributed by atoms with Crippen LogP contribution in [0.1, 0.15) is 26.6 Å². The van der Waals surface area contributed by atoms with E-state index in [-0.39, 0.29) is 11.7 Å². The lowest BCUT2D eigenvalue weighted by Gasteiger charge is -2.22. The van der Waals surface area contributed by atoms with Crippen LogP contribution in [0.4, 0.5) is 4.39 Å². The average Bonchev–Trinajstić information content (AvgIpc) is 3.42. The van der Waals surface area contributed by atoms with Gasteiger partial charge in [-0.3, -0.25) is 9.78 Å². The van der Waals surface area contributed by atoms with E-state index < -0.39 is 0 Å². The van der Waals surface area contributed by atoms with Crippen molar-refractivity contribution in [1.82, 2.24) is 19.4 Å². The molecule has 0 N–H and O–H groups in total. The van der Waals surface area contributed by atoms with Gasteiger partial charge >= 0.3 is 0 Å². The third-order valence-corrected chi connectivity index (χ3v) is 5.43. The van der Waals surface area contributed by atoms with Crippen molar-refractivity contribution in [3.8, 4) is 0 Å². The number of halogens is 1. The number of pyridine rings is 1. The first-order chi connectivity index (χ1) is 14.2. The highest BCUT2D eigenvalue weighted by molar-refractivity contribution is 7.12. The lowest BCUT2D eigenvalue weighted by atomic mass is 10.2. The fraction of sp³-hybridized carbons (Fsp3) is 0.136. The Balaban J connectivity index is 1.59. The van der Waals surface area contributed by atoms with E-state index in [2.05, 4.69) is 9.97 Å². The van der Waals surface area contributed by atoms with Crippen LogP contribution in [0, 0.1) is 5.82 Å². The smallest absolute Gasteiger partial charge is 0.264 e. The predicted octanol–water partition coefficient (Wildman–Crippen LogP) is 4.37. The van der Waals surface area contributed by atoms with Crippen LogP contribution in [0.5, 0.6) is 0 Å². The van der Waals surface area contributed by atoms with E-state index in [0.717, 1.165) is 5.56 Å². The van der Waals surface area contributed by atoms with Crippen molar-refractivity contribution in [2.24, 2.45) is 0 Å². The van der Waals surface area contributed by atoms with E-state index in [9.17, 15) is 9.18 Å². The van der Waals surface area contributed by atoms with Gasteiger partial charge in [-0.05, 0) is 35.2 Å². The van der Waals surface area contributed by atoms with Gasteiger partial charge in [0, 0.05) is 36.9 Å². The molecule has 4 aromatic rings. The van der Waals surface area contributed by atoms with Gasteiger partial charge in [0.1, 0.15) is 11.6 Å². The molecule has 0 bridgehead atoms. The van der Waals surface area contributed by atoms with Crippen molar-refractivity contribution < 1.29 is 9.18 Å². The van der Waals surface area contributed by atoms with Crippen LogP contribution >= 0.6 is 11.3 Å². The fourth-order valence-electron chi connectivity index (χ4n) is 3.08. The normalized spacial score (nSPS) is 10.8. The number of imidazole rings is 1. The summed E-state index contributed by atoms with van der Waals surface area (Å²) in [4.78, 5) is 24.0. The molecule has 0 aliphatic heterocycles. The molecule has 0 spiro atoms. The highest BCUT2D eigenvalue weighted by Crippen LogP contribution is 2.18. The molecule has 1 aromatic carbocycles. The largest absolute Gasteiger partial charge is 0.329 e. The first-order valence-corrected chi connectivity index (χ1v) is 10.0. The zero-order chi connectivity index (χ0) is 20.1. The van der Waals surface area contributed by atoms with Gasteiger partial charge in [0.2, 0.25) is 0 Å². The Bertz CT molecular complexity index is 1080. The van der Waals surface area contributed by atoms with E-state index in [0.29, 0.717) is 35.9 Å². The molecule has 29 heavy (non-hydrogen) atoms. The molecule has 0 aliphatic rings. The molecule has 3 aromatic heterocycles. The third-order valence-electron chi connectivity index (χ3n) is 4.57. The Morgan fingerprint density at radius 3 is 2.62 bits per heavy atom. The number of carbonyl (C=O) groups is 1. The number of rotatable bonds is 7. The summed E-state index contributed by atoms with van der Waals surface area (Å²) in [5.74, 6) is 0.389. The molecule has 0 saturated heterocycles. The van der Waals surface area contributed by atoms with Crippen molar-refractivity contribution in [2.75, 3.05) is 0 Å². The standard InChI is InChI=1S/C22H19FN4OS/c23-19-5-2-1-4-18(19)15-26-12-11-25-21(26)16-27(14-17-7-9-24-10-8-17)22(28)20-6-3-13-29-20/h1-13H,14-16H2. The molecular formula is C22H19FN4OS. The van der Waals surface area contributed by atoms with Gasteiger partial charge < -0.3 is 9.47 Å². The van der Waals surface area contributed by atoms with Gasteiger partial charge in [-0.25, -0.2) is 9.37 Å². The molecule has 3 heterocycles. The number of amides is 1. The van der Waals surface area contributed by atoms with Crippen LogP contribution in [-0.4, -0.2) is 25.3 Å². The Kier molecular flexibility index (Phi) is 5.76. The van der Waals surface area contributed by atoms with Gasteiger partial charge in [0.05, 0.1) is 18.0 Å². The minimum atomic E-state index is -0.254. The topological polar surface area (TPSA) is 51.0 Å². The molecule has 0 unspecified atom stereocenters. The monoisotopic (exact) mass is 406 g/mol. The Hall–Kier alpha value is -3.32. The number of benzene rings is 1. The van der Waals surface area contributed by atoms with Crippen LogP contribution in [0.15, 0.2) is 78.7 Å². The Morgan fingerprint density at radius 2 is 1.86 bits per heavy atom. The summed E-state index contributed by atoms with van der Waals surface area (Å²) >= 11 is 1.41. The highest BCUT2D eigenvalue weighted by atomic mass is 32.1. The van der Waals surface area contributed by atoms with Crippen molar-refractivity contribution in [1.29, 1.82) is 0 Å². The highest BCUT2D eigenvalue weighted by Gasteiger charge is 2.20. The maximum Gasteiger partial charge on any atom is 0.264 e. The maximum absolute atomic E-state index is 14.1. The predicted molar refractivity (Wildman–Crippen MR) is 110 cm³/mol. The van der Waals surface area contributed by atoms with E-state index in [1.165, 1.54) is 17.4 Å². The molecule has 1 amide bonds. The molecule has 0 atom stereocenters. The lowest BCUT2D eigenvalue weighted by molar-refractivity contribution is 0.0728. The summed E-state index contributed by atoms with van der Waals surface area (Å²) in [7, 11) is 0. The number of nitrogens with zero attached hydrogens (tertiary/aromatic N) is 4. The molecule has 0 aliphatic carbocycles. The van der Waals surface area contributed by atoms with E-state index >= 15 is 0 Å². The summed E-state index contributed by atoms with van der Waals surface area (Å²) in [5, 5.41) is 1.89. The van der Waals surface area contributed by atoms with E-state index in [1.54, 1.807) is 35.6 Å². The Morgan fingerprint density at radius 1 is 1.03 bits per heavy atom. The number of hydrogen-bond acceptors (Lipinski definition) is 4. The number of thiophene rings is 1. The average molecular weight is 406 g/mol. The van der Waals surface area contributed by atoms with Crippen molar-refractivity contribution in [3.05, 3.63) is 106 Å². The number of hydrogen-bond donors (Lipinski definition) is 0. The summed E-state index contributed by atoms with van der Waals surface area (Å²) in [6.07, 6.45) is 6.91. The van der Waals surface area contributed by atoms with Gasteiger partial charge in [-0.15, -0.1) is 11.3 Å². The van der Waals surface area contributed by atoms with Crippen LogP contribution in [-0.2, 0) is 19.6 Å². The van der Waals surface area contributed by atoms with Crippen LogP contribution in [0.3, 0.4) is 0 Å². The fourth-order valence-corrected chi connectivity index (χ4v) is 3.77. The van der Waals surface area contributed by atoms with Gasteiger partial charge in [-0.1, -0.05) is 24.3 Å². The van der Waals surface area contributed by atoms with Crippen LogP contribution in [0.2, 0.25) is 0 Å². The van der Waals surface area contributed by atoms with Gasteiger partial charge in [0.15, 0.2) is 0 Å². The lowest BCUT2D eigenvalue weighted by Crippen LogP contribution is -2.31. The second-order valence-corrected chi connectivity index (χ2v) is 7.50. The number of carbonyl (C=O) groups excluding carboxylic acids is 1. The van der Waals surface area contributed by atoms with E-state index in [4.69, 9.17) is 0 Å². The summed E-state index contributed by atoms with van der Waals surface area (Å²) < 4.78 is 15.9. The van der Waals surface area contributed by atoms with Crippen molar-refractivity contribution >= 4 is 17.2 Å².